The first-order valence-electron chi connectivity index (χ1n) is 5.67. The van der Waals surface area contributed by atoms with Gasteiger partial charge >= 0.3 is 5.69 Å². The summed E-state index contributed by atoms with van der Waals surface area (Å²) < 4.78 is 0. The summed E-state index contributed by atoms with van der Waals surface area (Å²) in [7, 11) is 0. The maximum atomic E-state index is 11.0. The third-order valence-electron chi connectivity index (χ3n) is 2.68. The zero-order chi connectivity index (χ0) is 13.0. The van der Waals surface area contributed by atoms with Gasteiger partial charge in [-0.1, -0.05) is 13.8 Å². The lowest BCUT2D eigenvalue weighted by molar-refractivity contribution is -0.383. The van der Waals surface area contributed by atoms with Gasteiger partial charge in [0.25, 0.3) is 0 Å². The van der Waals surface area contributed by atoms with Gasteiger partial charge in [-0.25, -0.2) is 4.98 Å². The van der Waals surface area contributed by atoms with Crippen LogP contribution in [0.5, 0.6) is 0 Å². The number of anilines is 2. The topological polar surface area (TPSA) is 94.1 Å². The first kappa shape index (κ1) is 13.2. The molecule has 0 saturated carbocycles. The Hall–Kier alpha value is -1.85. The van der Waals surface area contributed by atoms with E-state index in [1.807, 2.05) is 13.8 Å². The van der Waals surface area contributed by atoms with Crippen molar-refractivity contribution in [2.75, 3.05) is 11.1 Å². The highest BCUT2D eigenvalue weighted by Crippen LogP contribution is 2.31. The second-order valence-corrected chi connectivity index (χ2v) is 3.96. The van der Waals surface area contributed by atoms with Crippen molar-refractivity contribution in [2.24, 2.45) is 0 Å². The number of hydrogen-bond donors (Lipinski definition) is 2. The van der Waals surface area contributed by atoms with E-state index in [0.29, 0.717) is 11.4 Å². The Balaban J connectivity index is 3.16. The molecule has 3 N–H and O–H groups in total. The molecule has 0 spiro atoms. The molecular formula is C11H18N4O2. The van der Waals surface area contributed by atoms with Gasteiger partial charge in [-0.2, -0.15) is 0 Å². The minimum Gasteiger partial charge on any atom is -0.378 e. The van der Waals surface area contributed by atoms with Crippen molar-refractivity contribution in [2.45, 2.75) is 39.7 Å². The van der Waals surface area contributed by atoms with Crippen molar-refractivity contribution in [3.8, 4) is 0 Å². The van der Waals surface area contributed by atoms with E-state index >= 15 is 0 Å². The van der Waals surface area contributed by atoms with Crippen LogP contribution in [0, 0.1) is 17.0 Å². The van der Waals surface area contributed by atoms with Gasteiger partial charge in [0, 0.05) is 11.7 Å². The van der Waals surface area contributed by atoms with E-state index in [4.69, 9.17) is 5.73 Å². The van der Waals surface area contributed by atoms with Crippen LogP contribution in [0.15, 0.2) is 6.07 Å². The summed E-state index contributed by atoms with van der Waals surface area (Å²) in [5, 5.41) is 14.1. The summed E-state index contributed by atoms with van der Waals surface area (Å²) in [6, 6.07) is 1.86. The Morgan fingerprint density at radius 1 is 1.53 bits per heavy atom. The average molecular weight is 238 g/mol. The molecule has 1 aromatic rings. The summed E-state index contributed by atoms with van der Waals surface area (Å²) in [6.07, 6.45) is 1.80. The van der Waals surface area contributed by atoms with Crippen molar-refractivity contribution >= 4 is 17.2 Å². The van der Waals surface area contributed by atoms with Crippen molar-refractivity contribution < 1.29 is 4.92 Å². The highest BCUT2D eigenvalue weighted by atomic mass is 16.6. The molecule has 94 valence electrons. The van der Waals surface area contributed by atoms with Crippen molar-refractivity contribution in [1.82, 2.24) is 4.98 Å². The van der Waals surface area contributed by atoms with Gasteiger partial charge in [-0.3, -0.25) is 10.1 Å². The molecule has 0 atom stereocenters. The SMILES string of the molecule is CCC(CC)Nc1cc(C)nc(N)c1[N+](=O)[O-]. The Bertz CT molecular complexity index is 416. The van der Waals surface area contributed by atoms with Crippen LogP contribution in [0.1, 0.15) is 32.4 Å². The van der Waals surface area contributed by atoms with E-state index in [0.717, 1.165) is 12.8 Å². The summed E-state index contributed by atoms with van der Waals surface area (Å²) in [5.74, 6) is -0.0385. The van der Waals surface area contributed by atoms with E-state index in [1.54, 1.807) is 13.0 Å². The second-order valence-electron chi connectivity index (χ2n) is 3.96. The van der Waals surface area contributed by atoms with Crippen LogP contribution in [-0.4, -0.2) is 15.9 Å². The molecule has 17 heavy (non-hydrogen) atoms. The van der Waals surface area contributed by atoms with Gasteiger partial charge in [-0.05, 0) is 25.8 Å². The zero-order valence-corrected chi connectivity index (χ0v) is 10.4. The standard InChI is InChI=1S/C11H18N4O2/c1-4-8(5-2)14-9-6-7(3)13-11(12)10(9)15(16)17/h6,8H,4-5H2,1-3H3,(H3,12,13,14). The summed E-state index contributed by atoms with van der Waals surface area (Å²) in [5.41, 5.74) is 6.57. The van der Waals surface area contributed by atoms with Crippen molar-refractivity contribution in [1.29, 1.82) is 0 Å². The Kier molecular flexibility index (Phi) is 4.25. The van der Waals surface area contributed by atoms with Gasteiger partial charge in [0.1, 0.15) is 5.69 Å². The van der Waals surface area contributed by atoms with Crippen LogP contribution in [0.2, 0.25) is 0 Å². The fourth-order valence-electron chi connectivity index (χ4n) is 1.71. The lowest BCUT2D eigenvalue weighted by Gasteiger charge is -2.16. The molecule has 1 aromatic heterocycles. The normalized spacial score (nSPS) is 10.6. The molecule has 0 aromatic carbocycles. The molecule has 1 rings (SSSR count). The van der Waals surface area contributed by atoms with Crippen LogP contribution in [0.3, 0.4) is 0 Å². The van der Waals surface area contributed by atoms with Gasteiger partial charge in [-0.15, -0.1) is 0 Å². The number of aryl methyl sites for hydroxylation is 1. The number of pyridine rings is 1. The molecule has 6 heteroatoms. The van der Waals surface area contributed by atoms with E-state index in [2.05, 4.69) is 10.3 Å². The molecule has 0 bridgehead atoms. The molecule has 0 saturated heterocycles. The fraction of sp³-hybridized carbons (Fsp3) is 0.545. The zero-order valence-electron chi connectivity index (χ0n) is 10.4. The molecule has 0 radical (unpaired) electrons. The third kappa shape index (κ3) is 3.05. The predicted octanol–water partition coefficient (Wildman–Crippen LogP) is 2.48. The molecule has 0 unspecified atom stereocenters. The number of aromatic nitrogens is 1. The first-order chi connectivity index (χ1) is 7.99. The van der Waals surface area contributed by atoms with Gasteiger partial charge < -0.3 is 11.1 Å². The van der Waals surface area contributed by atoms with Crippen molar-refractivity contribution in [3.05, 3.63) is 21.9 Å². The minimum atomic E-state index is -0.494. The van der Waals surface area contributed by atoms with Crippen LogP contribution < -0.4 is 11.1 Å². The molecule has 0 amide bonds. The van der Waals surface area contributed by atoms with Crippen molar-refractivity contribution in [3.63, 3.8) is 0 Å². The highest BCUT2D eigenvalue weighted by Gasteiger charge is 2.21. The van der Waals surface area contributed by atoms with E-state index in [-0.39, 0.29) is 17.5 Å². The smallest absolute Gasteiger partial charge is 0.334 e. The van der Waals surface area contributed by atoms with E-state index < -0.39 is 4.92 Å². The molecule has 1 heterocycles. The predicted molar refractivity (Wildman–Crippen MR) is 68.0 cm³/mol. The molecule has 0 aliphatic heterocycles. The number of nitro groups is 1. The van der Waals surface area contributed by atoms with Gasteiger partial charge in [0.15, 0.2) is 0 Å². The summed E-state index contributed by atoms with van der Waals surface area (Å²) >= 11 is 0. The van der Waals surface area contributed by atoms with E-state index in [9.17, 15) is 10.1 Å². The van der Waals surface area contributed by atoms with Gasteiger partial charge in [0.2, 0.25) is 5.82 Å². The lowest BCUT2D eigenvalue weighted by atomic mass is 10.1. The second kappa shape index (κ2) is 5.47. The number of hydrogen-bond acceptors (Lipinski definition) is 5. The Morgan fingerprint density at radius 3 is 2.59 bits per heavy atom. The maximum Gasteiger partial charge on any atom is 0.334 e. The Labute approximate surface area is 100 Å². The summed E-state index contributed by atoms with van der Waals surface area (Å²) in [4.78, 5) is 14.4. The van der Waals surface area contributed by atoms with Crippen LogP contribution in [0.25, 0.3) is 0 Å². The fourth-order valence-corrected chi connectivity index (χ4v) is 1.71. The van der Waals surface area contributed by atoms with Gasteiger partial charge in [0.05, 0.1) is 4.92 Å². The lowest BCUT2D eigenvalue weighted by Crippen LogP contribution is -2.18. The van der Waals surface area contributed by atoms with Crippen LogP contribution >= 0.6 is 0 Å². The Morgan fingerprint density at radius 2 is 2.12 bits per heavy atom. The quantitative estimate of drug-likeness (QED) is 0.607. The summed E-state index contributed by atoms with van der Waals surface area (Å²) in [6.45, 7) is 5.83. The largest absolute Gasteiger partial charge is 0.378 e. The van der Waals surface area contributed by atoms with Crippen LogP contribution in [-0.2, 0) is 0 Å². The molecule has 0 aliphatic carbocycles. The first-order valence-corrected chi connectivity index (χ1v) is 5.67. The highest BCUT2D eigenvalue weighted by molar-refractivity contribution is 5.72. The molecule has 0 fully saturated rings. The molecule has 6 nitrogen and oxygen atoms in total. The van der Waals surface area contributed by atoms with Crippen LogP contribution in [0.4, 0.5) is 17.2 Å². The number of nitrogens with zero attached hydrogens (tertiary/aromatic N) is 2. The molecule has 0 aliphatic rings. The number of nitrogens with two attached hydrogens (primary N) is 1. The monoisotopic (exact) mass is 238 g/mol. The number of nitrogen functional groups attached to an aromatic ring is 1. The van der Waals surface area contributed by atoms with E-state index in [1.165, 1.54) is 0 Å². The molecular weight excluding hydrogens is 220 g/mol. The number of rotatable bonds is 5. The third-order valence-corrected chi connectivity index (χ3v) is 2.68. The maximum absolute atomic E-state index is 11.0. The average Bonchev–Trinajstić information content (AvgIpc) is 2.24. The minimum absolute atomic E-state index is 0.0385. The number of nitrogens with one attached hydrogen (secondary N) is 1.